The van der Waals surface area contributed by atoms with Gasteiger partial charge in [0.2, 0.25) is 0 Å². The van der Waals surface area contributed by atoms with Gasteiger partial charge >= 0.3 is 0 Å². The molecule has 0 atom stereocenters. The third-order valence-electron chi connectivity index (χ3n) is 4.40. The van der Waals surface area contributed by atoms with Crippen LogP contribution in [0.5, 0.6) is 17.2 Å². The molecule has 6 nitrogen and oxygen atoms in total. The molecule has 0 aliphatic rings. The number of aromatic nitrogens is 1. The summed E-state index contributed by atoms with van der Waals surface area (Å²) in [6.45, 7) is 2.12. The highest BCUT2D eigenvalue weighted by Crippen LogP contribution is 2.37. The van der Waals surface area contributed by atoms with Crippen molar-refractivity contribution in [3.63, 3.8) is 0 Å². The molecule has 29 heavy (non-hydrogen) atoms. The van der Waals surface area contributed by atoms with Crippen molar-refractivity contribution in [3.05, 3.63) is 52.9 Å². The Morgan fingerprint density at radius 3 is 2.41 bits per heavy atom. The van der Waals surface area contributed by atoms with Crippen LogP contribution in [0.15, 0.2) is 42.5 Å². The van der Waals surface area contributed by atoms with E-state index in [1.165, 1.54) is 11.3 Å². The number of carbonyl (C=O) groups is 1. The van der Waals surface area contributed by atoms with Gasteiger partial charge in [-0.15, -0.1) is 11.3 Å². The molecule has 1 aromatic heterocycles. The Bertz CT molecular complexity index is 1000. The number of amides is 1. The summed E-state index contributed by atoms with van der Waals surface area (Å²) in [5, 5.41) is 3.46. The summed E-state index contributed by atoms with van der Waals surface area (Å²) in [7, 11) is 4.76. The summed E-state index contributed by atoms with van der Waals surface area (Å²) >= 11 is 1.48. The molecule has 0 saturated carbocycles. The first-order valence-corrected chi connectivity index (χ1v) is 10.1. The number of methoxy groups -OCH3 is 3. The Balaban J connectivity index is 1.94. The van der Waals surface area contributed by atoms with E-state index in [-0.39, 0.29) is 5.91 Å². The Hall–Kier alpha value is -3.06. The highest BCUT2D eigenvalue weighted by atomic mass is 32.1. The van der Waals surface area contributed by atoms with Crippen LogP contribution in [0.25, 0.3) is 11.3 Å². The molecule has 7 heteroatoms. The van der Waals surface area contributed by atoms with E-state index in [0.29, 0.717) is 27.9 Å². The first-order valence-electron chi connectivity index (χ1n) is 9.27. The fraction of sp³-hybridized carbons (Fsp3) is 0.273. The number of hydrogen-bond donors (Lipinski definition) is 1. The molecule has 0 fully saturated rings. The van der Waals surface area contributed by atoms with E-state index in [1.807, 2.05) is 24.3 Å². The molecule has 0 spiro atoms. The Labute approximate surface area is 174 Å². The number of nitrogens with zero attached hydrogens (tertiary/aromatic N) is 1. The molecular weight excluding hydrogens is 388 g/mol. The summed E-state index contributed by atoms with van der Waals surface area (Å²) in [6.07, 6.45) is 1.84. The number of thiazole rings is 1. The lowest BCUT2D eigenvalue weighted by atomic mass is 10.1. The molecule has 0 radical (unpaired) electrons. The zero-order valence-electron chi connectivity index (χ0n) is 16.9. The first kappa shape index (κ1) is 20.7. The molecule has 2 aromatic carbocycles. The van der Waals surface area contributed by atoms with Gasteiger partial charge in [0.05, 0.1) is 32.6 Å². The molecule has 1 amide bonds. The van der Waals surface area contributed by atoms with Gasteiger partial charge in [0.1, 0.15) is 5.75 Å². The van der Waals surface area contributed by atoms with E-state index in [0.717, 1.165) is 29.0 Å². The maximum Gasteiger partial charge on any atom is 0.261 e. The second-order valence-electron chi connectivity index (χ2n) is 6.26. The van der Waals surface area contributed by atoms with Crippen molar-refractivity contribution in [1.82, 2.24) is 4.98 Å². The van der Waals surface area contributed by atoms with Crippen LogP contribution in [0.1, 0.15) is 28.6 Å². The minimum Gasteiger partial charge on any atom is -0.496 e. The van der Waals surface area contributed by atoms with Crippen LogP contribution in [0, 0.1) is 0 Å². The number of para-hydroxylation sites is 1. The van der Waals surface area contributed by atoms with Gasteiger partial charge in [-0.3, -0.25) is 10.1 Å². The minimum absolute atomic E-state index is 0.252. The van der Waals surface area contributed by atoms with Crippen LogP contribution >= 0.6 is 11.3 Å². The lowest BCUT2D eigenvalue weighted by Crippen LogP contribution is -2.12. The third kappa shape index (κ3) is 4.51. The first-order chi connectivity index (χ1) is 14.1. The van der Waals surface area contributed by atoms with E-state index >= 15 is 0 Å². The number of benzene rings is 2. The molecule has 0 unspecified atom stereocenters. The average Bonchev–Trinajstić information content (AvgIpc) is 3.15. The smallest absolute Gasteiger partial charge is 0.261 e. The van der Waals surface area contributed by atoms with E-state index in [2.05, 4.69) is 12.2 Å². The molecule has 152 valence electrons. The number of carbonyl (C=O) groups excluding carboxylic acids is 1. The van der Waals surface area contributed by atoms with Crippen LogP contribution in [0.3, 0.4) is 0 Å². The molecule has 1 heterocycles. The van der Waals surface area contributed by atoms with Gasteiger partial charge in [-0.1, -0.05) is 25.5 Å². The van der Waals surface area contributed by atoms with Crippen molar-refractivity contribution in [2.45, 2.75) is 19.8 Å². The zero-order valence-corrected chi connectivity index (χ0v) is 17.8. The summed E-state index contributed by atoms with van der Waals surface area (Å²) < 4.78 is 16.0. The molecule has 3 rings (SSSR count). The molecule has 0 bridgehead atoms. The maximum absolute atomic E-state index is 12.7. The van der Waals surface area contributed by atoms with E-state index < -0.39 is 0 Å². The number of rotatable bonds is 8. The van der Waals surface area contributed by atoms with E-state index in [4.69, 9.17) is 19.2 Å². The Morgan fingerprint density at radius 1 is 1.00 bits per heavy atom. The molecular formula is C22H24N2O4S. The lowest BCUT2D eigenvalue weighted by Gasteiger charge is -2.09. The topological polar surface area (TPSA) is 69.7 Å². The van der Waals surface area contributed by atoms with Crippen molar-refractivity contribution in [1.29, 1.82) is 0 Å². The second kappa shape index (κ2) is 9.43. The van der Waals surface area contributed by atoms with Crippen LogP contribution in [-0.4, -0.2) is 32.2 Å². The summed E-state index contributed by atoms with van der Waals surface area (Å²) in [5.74, 6) is 1.57. The third-order valence-corrected chi connectivity index (χ3v) is 5.43. The van der Waals surface area contributed by atoms with E-state index in [9.17, 15) is 4.79 Å². The highest BCUT2D eigenvalue weighted by Gasteiger charge is 2.18. The average molecular weight is 413 g/mol. The second-order valence-corrected chi connectivity index (χ2v) is 7.35. The summed E-state index contributed by atoms with van der Waals surface area (Å²) in [5.41, 5.74) is 2.23. The van der Waals surface area contributed by atoms with Crippen LogP contribution in [-0.2, 0) is 6.42 Å². The lowest BCUT2D eigenvalue weighted by molar-refractivity contribution is 0.102. The number of anilines is 1. The Morgan fingerprint density at radius 2 is 1.72 bits per heavy atom. The predicted octanol–water partition coefficient (Wildman–Crippen LogP) is 5.04. The van der Waals surface area contributed by atoms with Gasteiger partial charge in [-0.25, -0.2) is 4.98 Å². The van der Waals surface area contributed by atoms with Gasteiger partial charge in [0, 0.05) is 10.4 Å². The molecule has 3 aromatic rings. The summed E-state index contributed by atoms with van der Waals surface area (Å²) in [6, 6.07) is 12.8. The van der Waals surface area contributed by atoms with Crippen molar-refractivity contribution >= 4 is 22.4 Å². The minimum atomic E-state index is -0.252. The highest BCUT2D eigenvalue weighted by molar-refractivity contribution is 7.16. The molecule has 0 aliphatic carbocycles. The quantitative estimate of drug-likeness (QED) is 0.561. The molecule has 0 aliphatic heterocycles. The normalized spacial score (nSPS) is 10.5. The van der Waals surface area contributed by atoms with Gasteiger partial charge in [0.25, 0.3) is 5.91 Å². The van der Waals surface area contributed by atoms with Gasteiger partial charge in [-0.05, 0) is 36.8 Å². The number of aryl methyl sites for hydroxylation is 1. The van der Waals surface area contributed by atoms with Crippen LogP contribution in [0.4, 0.5) is 5.13 Å². The van der Waals surface area contributed by atoms with Crippen molar-refractivity contribution in [2.75, 3.05) is 26.6 Å². The monoisotopic (exact) mass is 412 g/mol. The van der Waals surface area contributed by atoms with Crippen molar-refractivity contribution in [3.8, 4) is 28.5 Å². The van der Waals surface area contributed by atoms with Gasteiger partial charge < -0.3 is 14.2 Å². The maximum atomic E-state index is 12.7. The van der Waals surface area contributed by atoms with Crippen molar-refractivity contribution in [2.24, 2.45) is 0 Å². The number of hydrogen-bond acceptors (Lipinski definition) is 6. The zero-order chi connectivity index (χ0) is 20.8. The van der Waals surface area contributed by atoms with Crippen molar-refractivity contribution < 1.29 is 19.0 Å². The largest absolute Gasteiger partial charge is 0.496 e. The molecule has 0 saturated heterocycles. The SMILES string of the molecule is CCCc1sc(NC(=O)c2ccccc2OC)nc1-c1ccc(OC)c(OC)c1. The predicted molar refractivity (Wildman–Crippen MR) is 116 cm³/mol. The summed E-state index contributed by atoms with van der Waals surface area (Å²) in [4.78, 5) is 18.5. The number of nitrogens with one attached hydrogen (secondary N) is 1. The fourth-order valence-corrected chi connectivity index (χ4v) is 4.09. The van der Waals surface area contributed by atoms with Crippen LogP contribution in [0.2, 0.25) is 0 Å². The Kier molecular flexibility index (Phi) is 6.72. The van der Waals surface area contributed by atoms with E-state index in [1.54, 1.807) is 39.5 Å². The number of ether oxygens (including phenoxy) is 3. The van der Waals surface area contributed by atoms with Gasteiger partial charge in [-0.2, -0.15) is 0 Å². The van der Waals surface area contributed by atoms with Gasteiger partial charge in [0.15, 0.2) is 16.6 Å². The standard InChI is InChI=1S/C22H24N2O4S/c1-5-8-19-20(14-11-12-17(27-3)18(13-14)28-4)23-22(29-19)24-21(25)15-9-6-7-10-16(15)26-2/h6-7,9-13H,5,8H2,1-4H3,(H,23,24,25). The van der Waals surface area contributed by atoms with Crippen LogP contribution < -0.4 is 19.5 Å². The molecule has 1 N–H and O–H groups in total. The fourth-order valence-electron chi connectivity index (χ4n) is 3.01.